The number of aliphatic hydroxyl groups is 1. The molecule has 0 aliphatic rings. The maximum Gasteiger partial charge on any atom is 0.349 e. The van der Waals surface area contributed by atoms with Crippen molar-refractivity contribution < 1.29 is 23.1 Å². The molecule has 0 radical (unpaired) electrons. The summed E-state index contributed by atoms with van der Waals surface area (Å²) in [6.45, 7) is -0.299. The number of hydrogen-bond donors (Lipinski definition) is 2. The first-order valence-corrected chi connectivity index (χ1v) is 8.23. The summed E-state index contributed by atoms with van der Waals surface area (Å²) in [5.41, 5.74) is 0.706. The van der Waals surface area contributed by atoms with Crippen LogP contribution in [0.2, 0.25) is 0 Å². The number of carbonyl (C=O) groups excluding carboxylic acids is 1. The average molecular weight is 327 g/mol. The molecule has 0 aliphatic carbocycles. The third-order valence-electron chi connectivity index (χ3n) is 2.72. The van der Waals surface area contributed by atoms with Gasteiger partial charge in [0.15, 0.2) is 0 Å². The largest absolute Gasteiger partial charge is 0.465 e. The number of carbonyl (C=O) groups is 1. The molecule has 0 spiro atoms. The van der Waals surface area contributed by atoms with Gasteiger partial charge in [0.1, 0.15) is 9.77 Å². The normalized spacial score (nSPS) is 11.1. The van der Waals surface area contributed by atoms with Gasteiger partial charge < -0.3 is 9.84 Å². The Morgan fingerprint density at radius 2 is 2.05 bits per heavy atom. The van der Waals surface area contributed by atoms with Crippen molar-refractivity contribution in [2.45, 2.75) is 11.5 Å². The molecule has 2 N–H and O–H groups in total. The lowest BCUT2D eigenvalue weighted by Gasteiger charge is -2.11. The first-order chi connectivity index (χ1) is 9.99. The van der Waals surface area contributed by atoms with Crippen LogP contribution < -0.4 is 4.72 Å². The van der Waals surface area contributed by atoms with E-state index < -0.39 is 16.0 Å². The molecule has 0 saturated heterocycles. The first-order valence-electron chi connectivity index (χ1n) is 5.87. The molecule has 1 aromatic carbocycles. The van der Waals surface area contributed by atoms with Crippen LogP contribution in [-0.2, 0) is 21.4 Å². The minimum Gasteiger partial charge on any atom is -0.465 e. The van der Waals surface area contributed by atoms with Gasteiger partial charge in [0.2, 0.25) is 0 Å². The van der Waals surface area contributed by atoms with E-state index in [9.17, 15) is 18.3 Å². The van der Waals surface area contributed by atoms with Gasteiger partial charge in [-0.1, -0.05) is 18.2 Å². The first kappa shape index (κ1) is 15.5. The molecule has 1 aromatic heterocycles. The molecule has 1 heterocycles. The predicted octanol–water partition coefficient (Wildman–Crippen LogP) is 1.83. The van der Waals surface area contributed by atoms with Crippen LogP contribution in [-0.4, -0.2) is 26.6 Å². The van der Waals surface area contributed by atoms with Crippen molar-refractivity contribution in [1.29, 1.82) is 0 Å². The summed E-state index contributed by atoms with van der Waals surface area (Å²) in [5, 5.41) is 10.7. The van der Waals surface area contributed by atoms with Gasteiger partial charge in [0, 0.05) is 5.56 Å². The number of anilines is 1. The highest BCUT2D eigenvalue weighted by molar-refractivity contribution is 7.93. The van der Waals surface area contributed by atoms with Gasteiger partial charge in [-0.15, -0.1) is 11.3 Å². The van der Waals surface area contributed by atoms with Gasteiger partial charge in [0.05, 0.1) is 19.4 Å². The highest BCUT2D eigenvalue weighted by atomic mass is 32.2. The maximum absolute atomic E-state index is 12.4. The summed E-state index contributed by atoms with van der Waals surface area (Å²) in [6.07, 6.45) is 0. The van der Waals surface area contributed by atoms with Crippen LogP contribution in [0.15, 0.2) is 40.6 Å². The van der Waals surface area contributed by atoms with Gasteiger partial charge >= 0.3 is 5.97 Å². The molecular formula is C13H13NO5S2. The minimum atomic E-state index is -3.94. The van der Waals surface area contributed by atoms with Crippen LogP contribution in [0.25, 0.3) is 0 Å². The van der Waals surface area contributed by atoms with E-state index in [0.717, 1.165) is 11.3 Å². The number of aliphatic hydroxyl groups excluding tert-OH is 1. The molecule has 0 fully saturated rings. The van der Waals surface area contributed by atoms with Crippen LogP contribution in [0.1, 0.15) is 15.2 Å². The van der Waals surface area contributed by atoms with Crippen molar-refractivity contribution in [3.8, 4) is 0 Å². The smallest absolute Gasteiger partial charge is 0.349 e. The average Bonchev–Trinajstić information content (AvgIpc) is 2.97. The Kier molecular flexibility index (Phi) is 4.61. The van der Waals surface area contributed by atoms with Gasteiger partial charge in [0.25, 0.3) is 10.0 Å². The van der Waals surface area contributed by atoms with E-state index in [2.05, 4.69) is 9.46 Å². The zero-order chi connectivity index (χ0) is 15.5. The fraction of sp³-hybridized carbons (Fsp3) is 0.154. The zero-order valence-electron chi connectivity index (χ0n) is 11.1. The highest BCUT2D eigenvalue weighted by Gasteiger charge is 2.25. The summed E-state index contributed by atoms with van der Waals surface area (Å²) in [4.78, 5) is 11.4. The van der Waals surface area contributed by atoms with Crippen LogP contribution in [0.5, 0.6) is 0 Å². The summed E-state index contributed by atoms with van der Waals surface area (Å²) in [7, 11) is -2.75. The number of sulfonamides is 1. The van der Waals surface area contributed by atoms with Crippen molar-refractivity contribution in [1.82, 2.24) is 0 Å². The van der Waals surface area contributed by atoms with Crippen molar-refractivity contribution in [2.24, 2.45) is 0 Å². The zero-order valence-corrected chi connectivity index (χ0v) is 12.7. The molecule has 0 bridgehead atoms. The van der Waals surface area contributed by atoms with Gasteiger partial charge in [-0.05, 0) is 17.5 Å². The van der Waals surface area contributed by atoms with E-state index in [4.69, 9.17) is 0 Å². The van der Waals surface area contributed by atoms with Gasteiger partial charge in [-0.25, -0.2) is 13.2 Å². The second-order valence-electron chi connectivity index (χ2n) is 4.03. The topological polar surface area (TPSA) is 92.7 Å². The molecule has 6 nitrogen and oxygen atoms in total. The molecule has 0 unspecified atom stereocenters. The van der Waals surface area contributed by atoms with E-state index in [1.54, 1.807) is 18.2 Å². The lowest BCUT2D eigenvalue weighted by molar-refractivity contribution is 0.0602. The number of rotatable bonds is 5. The molecule has 0 amide bonds. The number of benzene rings is 1. The summed E-state index contributed by atoms with van der Waals surface area (Å²) >= 11 is 0.987. The van der Waals surface area contributed by atoms with E-state index in [1.807, 2.05) is 0 Å². The van der Waals surface area contributed by atoms with E-state index in [1.165, 1.54) is 24.6 Å². The second kappa shape index (κ2) is 6.25. The number of ether oxygens (including phenoxy) is 1. The molecular weight excluding hydrogens is 314 g/mol. The summed E-state index contributed by atoms with van der Waals surface area (Å²) in [5.74, 6) is -0.708. The maximum atomic E-state index is 12.4. The Hall–Kier alpha value is -1.90. The van der Waals surface area contributed by atoms with E-state index >= 15 is 0 Å². The molecule has 2 rings (SSSR count). The van der Waals surface area contributed by atoms with E-state index in [0.29, 0.717) is 5.56 Å². The number of nitrogens with one attached hydrogen (secondary N) is 1. The van der Waals surface area contributed by atoms with Crippen molar-refractivity contribution in [3.05, 3.63) is 46.2 Å². The molecule has 112 valence electrons. The number of hydrogen-bond acceptors (Lipinski definition) is 6. The lowest BCUT2D eigenvalue weighted by Crippen LogP contribution is -2.16. The van der Waals surface area contributed by atoms with Crippen molar-refractivity contribution >= 4 is 33.0 Å². The Morgan fingerprint density at radius 3 is 2.71 bits per heavy atom. The number of esters is 1. The molecule has 2 aromatic rings. The molecule has 8 heteroatoms. The molecule has 0 atom stereocenters. The SMILES string of the molecule is COC(=O)c1sccc1S(=O)(=O)Nc1ccccc1CO. The highest BCUT2D eigenvalue weighted by Crippen LogP contribution is 2.26. The Morgan fingerprint density at radius 1 is 1.33 bits per heavy atom. The standard InChI is InChI=1S/C13H13NO5S2/c1-19-13(16)12-11(6-7-20-12)21(17,18)14-10-5-3-2-4-9(10)8-15/h2-7,14-15H,8H2,1H3. The Bertz CT molecular complexity index is 751. The molecule has 21 heavy (non-hydrogen) atoms. The Labute approximate surface area is 126 Å². The number of thiophene rings is 1. The van der Waals surface area contributed by atoms with Gasteiger partial charge in [-0.2, -0.15) is 0 Å². The fourth-order valence-corrected chi connectivity index (χ4v) is 4.14. The van der Waals surface area contributed by atoms with Crippen LogP contribution in [0, 0.1) is 0 Å². The lowest BCUT2D eigenvalue weighted by atomic mass is 10.2. The summed E-state index contributed by atoms with van der Waals surface area (Å²) in [6, 6.07) is 7.81. The predicted molar refractivity (Wildman–Crippen MR) is 78.8 cm³/mol. The second-order valence-corrected chi connectivity index (χ2v) is 6.59. The quantitative estimate of drug-likeness (QED) is 0.817. The third-order valence-corrected chi connectivity index (χ3v) is 5.15. The monoisotopic (exact) mass is 327 g/mol. The van der Waals surface area contributed by atoms with Crippen LogP contribution in [0.3, 0.4) is 0 Å². The fourth-order valence-electron chi connectivity index (χ4n) is 1.71. The molecule has 0 saturated carbocycles. The van der Waals surface area contributed by atoms with Crippen LogP contribution >= 0.6 is 11.3 Å². The third kappa shape index (κ3) is 3.23. The number of methoxy groups -OCH3 is 1. The van der Waals surface area contributed by atoms with Crippen molar-refractivity contribution in [2.75, 3.05) is 11.8 Å². The number of para-hydroxylation sites is 1. The Balaban J connectivity index is 2.40. The minimum absolute atomic E-state index is 0.00600. The molecule has 0 aliphatic heterocycles. The van der Waals surface area contributed by atoms with Crippen molar-refractivity contribution in [3.63, 3.8) is 0 Å². The van der Waals surface area contributed by atoms with E-state index in [-0.39, 0.29) is 22.1 Å². The van der Waals surface area contributed by atoms with Crippen LogP contribution in [0.4, 0.5) is 5.69 Å². The summed E-state index contributed by atoms with van der Waals surface area (Å²) < 4.78 is 31.7. The van der Waals surface area contributed by atoms with Gasteiger partial charge in [-0.3, -0.25) is 4.72 Å².